The Bertz CT molecular complexity index is 669. The normalized spacial score (nSPS) is 18.3. The van der Waals surface area contributed by atoms with Gasteiger partial charge in [-0.2, -0.15) is 0 Å². The maximum atomic E-state index is 12.6. The molecule has 1 amide bonds. The van der Waals surface area contributed by atoms with Crippen LogP contribution in [0.5, 0.6) is 0 Å². The second kappa shape index (κ2) is 6.63. The van der Waals surface area contributed by atoms with Crippen LogP contribution in [0.15, 0.2) is 53.0 Å². The number of nitrogens with zero attached hydrogens (tertiary/aromatic N) is 1. The standard InChI is InChI=1S/C18H18BrNO2/c1-13-5-7-14(8-6-13)18(21)20-9-10-22-17(12-20)15-3-2-4-16(19)11-15/h2-8,11,17H,9-10,12H2,1H3. The van der Waals surface area contributed by atoms with Gasteiger partial charge in [0, 0.05) is 16.6 Å². The number of carbonyl (C=O) groups is 1. The Morgan fingerprint density at radius 2 is 2.00 bits per heavy atom. The molecule has 1 saturated heterocycles. The molecule has 2 aromatic rings. The van der Waals surface area contributed by atoms with Gasteiger partial charge in [-0.05, 0) is 36.8 Å². The summed E-state index contributed by atoms with van der Waals surface area (Å²) in [5.74, 6) is 0.0725. The van der Waals surface area contributed by atoms with E-state index in [0.717, 1.165) is 21.2 Å². The molecule has 2 aromatic carbocycles. The van der Waals surface area contributed by atoms with E-state index in [9.17, 15) is 4.79 Å². The minimum absolute atomic E-state index is 0.0688. The fraction of sp³-hybridized carbons (Fsp3) is 0.278. The number of amides is 1. The maximum Gasteiger partial charge on any atom is 0.254 e. The Morgan fingerprint density at radius 3 is 2.73 bits per heavy atom. The third-order valence-electron chi connectivity index (χ3n) is 3.87. The first-order valence-electron chi connectivity index (χ1n) is 7.36. The van der Waals surface area contributed by atoms with E-state index in [1.165, 1.54) is 0 Å². The molecule has 0 N–H and O–H groups in total. The highest BCUT2D eigenvalue weighted by atomic mass is 79.9. The van der Waals surface area contributed by atoms with E-state index in [0.29, 0.717) is 19.7 Å². The molecule has 3 rings (SSSR count). The monoisotopic (exact) mass is 359 g/mol. The Labute approximate surface area is 139 Å². The predicted octanol–water partition coefficient (Wildman–Crippen LogP) is 3.97. The van der Waals surface area contributed by atoms with Gasteiger partial charge in [-0.15, -0.1) is 0 Å². The molecule has 1 aliphatic rings. The summed E-state index contributed by atoms with van der Waals surface area (Å²) in [6, 6.07) is 15.8. The minimum atomic E-state index is -0.0688. The number of ether oxygens (including phenoxy) is 1. The van der Waals surface area contributed by atoms with Crippen LogP contribution < -0.4 is 0 Å². The first-order chi connectivity index (χ1) is 10.6. The average molecular weight is 360 g/mol. The van der Waals surface area contributed by atoms with E-state index < -0.39 is 0 Å². The molecule has 3 nitrogen and oxygen atoms in total. The van der Waals surface area contributed by atoms with Gasteiger partial charge in [0.2, 0.25) is 0 Å². The molecule has 1 aliphatic heterocycles. The van der Waals surface area contributed by atoms with Crippen LogP contribution >= 0.6 is 15.9 Å². The molecule has 1 heterocycles. The van der Waals surface area contributed by atoms with Gasteiger partial charge in [-0.25, -0.2) is 0 Å². The lowest BCUT2D eigenvalue weighted by Crippen LogP contribution is -2.42. The van der Waals surface area contributed by atoms with Crippen LogP contribution in [-0.2, 0) is 4.74 Å². The topological polar surface area (TPSA) is 29.5 Å². The molecule has 0 radical (unpaired) electrons. The molecule has 1 unspecified atom stereocenters. The van der Waals surface area contributed by atoms with E-state index >= 15 is 0 Å². The molecule has 0 aliphatic carbocycles. The fourth-order valence-corrected chi connectivity index (χ4v) is 3.04. The lowest BCUT2D eigenvalue weighted by atomic mass is 10.1. The van der Waals surface area contributed by atoms with Crippen molar-refractivity contribution in [2.24, 2.45) is 0 Å². The van der Waals surface area contributed by atoms with Crippen LogP contribution in [0, 0.1) is 6.92 Å². The summed E-state index contributed by atoms with van der Waals surface area (Å²) in [5.41, 5.74) is 2.99. The van der Waals surface area contributed by atoms with Crippen molar-refractivity contribution in [3.05, 3.63) is 69.7 Å². The number of halogens is 1. The highest BCUT2D eigenvalue weighted by molar-refractivity contribution is 9.10. The summed E-state index contributed by atoms with van der Waals surface area (Å²) in [6.07, 6.45) is -0.0688. The smallest absolute Gasteiger partial charge is 0.254 e. The van der Waals surface area contributed by atoms with E-state index in [2.05, 4.69) is 15.9 Å². The molecule has 1 fully saturated rings. The van der Waals surface area contributed by atoms with Gasteiger partial charge in [0.15, 0.2) is 0 Å². The van der Waals surface area contributed by atoms with Gasteiger partial charge in [-0.1, -0.05) is 45.8 Å². The number of rotatable bonds is 2. The van der Waals surface area contributed by atoms with Crippen molar-refractivity contribution in [3.8, 4) is 0 Å². The van der Waals surface area contributed by atoms with Gasteiger partial charge in [0.05, 0.1) is 13.2 Å². The second-order valence-corrected chi connectivity index (χ2v) is 6.45. The first-order valence-corrected chi connectivity index (χ1v) is 8.16. The molecule has 0 saturated carbocycles. The number of morpholine rings is 1. The molecular weight excluding hydrogens is 342 g/mol. The molecule has 22 heavy (non-hydrogen) atoms. The number of aryl methyl sites for hydroxylation is 1. The van der Waals surface area contributed by atoms with Crippen molar-refractivity contribution in [1.29, 1.82) is 0 Å². The van der Waals surface area contributed by atoms with E-state index in [1.807, 2.05) is 60.4 Å². The summed E-state index contributed by atoms with van der Waals surface area (Å²) in [5, 5.41) is 0. The van der Waals surface area contributed by atoms with Gasteiger partial charge < -0.3 is 9.64 Å². The molecule has 4 heteroatoms. The highest BCUT2D eigenvalue weighted by Crippen LogP contribution is 2.25. The number of hydrogen-bond donors (Lipinski definition) is 0. The molecule has 0 bridgehead atoms. The largest absolute Gasteiger partial charge is 0.370 e. The van der Waals surface area contributed by atoms with Crippen LogP contribution in [0.1, 0.15) is 27.6 Å². The van der Waals surface area contributed by atoms with Gasteiger partial charge in [0.1, 0.15) is 6.10 Å². The lowest BCUT2D eigenvalue weighted by molar-refractivity contribution is -0.0228. The van der Waals surface area contributed by atoms with Gasteiger partial charge in [0.25, 0.3) is 5.91 Å². The average Bonchev–Trinajstić information content (AvgIpc) is 2.55. The van der Waals surface area contributed by atoms with Crippen molar-refractivity contribution in [2.75, 3.05) is 19.7 Å². The summed E-state index contributed by atoms with van der Waals surface area (Å²) in [4.78, 5) is 14.5. The van der Waals surface area contributed by atoms with Gasteiger partial charge in [-0.3, -0.25) is 4.79 Å². The summed E-state index contributed by atoms with van der Waals surface area (Å²) >= 11 is 3.48. The Kier molecular flexibility index (Phi) is 4.60. The predicted molar refractivity (Wildman–Crippen MR) is 89.9 cm³/mol. The van der Waals surface area contributed by atoms with E-state index in [-0.39, 0.29) is 12.0 Å². The van der Waals surface area contributed by atoms with Crippen molar-refractivity contribution in [2.45, 2.75) is 13.0 Å². The zero-order valence-corrected chi connectivity index (χ0v) is 14.0. The van der Waals surface area contributed by atoms with Crippen molar-refractivity contribution >= 4 is 21.8 Å². The molecule has 114 valence electrons. The Morgan fingerprint density at radius 1 is 1.23 bits per heavy atom. The molecule has 0 aromatic heterocycles. The highest BCUT2D eigenvalue weighted by Gasteiger charge is 2.26. The van der Waals surface area contributed by atoms with Gasteiger partial charge >= 0.3 is 0 Å². The lowest BCUT2D eigenvalue weighted by Gasteiger charge is -2.33. The van der Waals surface area contributed by atoms with Crippen molar-refractivity contribution in [1.82, 2.24) is 4.90 Å². The van der Waals surface area contributed by atoms with Crippen molar-refractivity contribution in [3.63, 3.8) is 0 Å². The van der Waals surface area contributed by atoms with Crippen LogP contribution in [0.4, 0.5) is 0 Å². The van der Waals surface area contributed by atoms with E-state index in [4.69, 9.17) is 4.74 Å². The minimum Gasteiger partial charge on any atom is -0.370 e. The molecule has 0 spiro atoms. The second-order valence-electron chi connectivity index (χ2n) is 5.53. The van der Waals surface area contributed by atoms with Crippen molar-refractivity contribution < 1.29 is 9.53 Å². The fourth-order valence-electron chi connectivity index (χ4n) is 2.62. The maximum absolute atomic E-state index is 12.6. The third kappa shape index (κ3) is 3.39. The first kappa shape index (κ1) is 15.3. The number of benzene rings is 2. The van der Waals surface area contributed by atoms with E-state index in [1.54, 1.807) is 0 Å². The SMILES string of the molecule is Cc1ccc(C(=O)N2CCOC(c3cccc(Br)c3)C2)cc1. The quantitative estimate of drug-likeness (QED) is 0.811. The Balaban J connectivity index is 1.75. The summed E-state index contributed by atoms with van der Waals surface area (Å²) in [7, 11) is 0. The summed E-state index contributed by atoms with van der Waals surface area (Å²) in [6.45, 7) is 3.81. The zero-order valence-electron chi connectivity index (χ0n) is 12.5. The van der Waals surface area contributed by atoms with Crippen LogP contribution in [0.2, 0.25) is 0 Å². The van der Waals surface area contributed by atoms with Crippen LogP contribution in [-0.4, -0.2) is 30.5 Å². The molecule has 1 atom stereocenters. The zero-order chi connectivity index (χ0) is 15.5. The Hall–Kier alpha value is -1.65. The molecular formula is C18H18BrNO2. The summed E-state index contributed by atoms with van der Waals surface area (Å²) < 4.78 is 6.86. The number of carbonyl (C=O) groups excluding carboxylic acids is 1. The third-order valence-corrected chi connectivity index (χ3v) is 4.37. The van der Waals surface area contributed by atoms with Crippen LogP contribution in [0.3, 0.4) is 0 Å². The number of hydrogen-bond acceptors (Lipinski definition) is 2. The van der Waals surface area contributed by atoms with Crippen LogP contribution in [0.25, 0.3) is 0 Å².